The van der Waals surface area contributed by atoms with Crippen LogP contribution in [0.25, 0.3) is 22.2 Å². The topological polar surface area (TPSA) is 80.9 Å². The van der Waals surface area contributed by atoms with Gasteiger partial charge in [0.1, 0.15) is 5.82 Å². The number of ketones is 1. The van der Waals surface area contributed by atoms with Gasteiger partial charge in [0.05, 0.1) is 23.5 Å². The molecule has 3 aromatic rings. The van der Waals surface area contributed by atoms with E-state index in [0.29, 0.717) is 22.8 Å². The Morgan fingerprint density at radius 3 is 2.42 bits per heavy atom. The molecule has 0 aromatic carbocycles. The first-order valence-corrected chi connectivity index (χ1v) is 8.63. The fourth-order valence-electron chi connectivity index (χ4n) is 3.11. The van der Waals surface area contributed by atoms with Crippen LogP contribution in [0.15, 0.2) is 24.7 Å². The first-order chi connectivity index (χ1) is 12.2. The third-order valence-electron chi connectivity index (χ3n) is 4.18. The predicted molar refractivity (Wildman–Crippen MR) is 101 cm³/mol. The maximum atomic E-state index is 12.2. The standard InChI is InChI=1S/C20H24N4O2/c1-12(26)16-9-24(11-20(3,4)5)19-15(16)6-17(23-18(19)10-25)14-7-21-13(2)22-8-14/h6-9,25H,10-11H2,1-5H3. The molecule has 0 aliphatic heterocycles. The quantitative estimate of drug-likeness (QED) is 0.726. The number of fused-ring (bicyclic) bond motifs is 1. The van der Waals surface area contributed by atoms with Crippen molar-refractivity contribution in [3.63, 3.8) is 0 Å². The van der Waals surface area contributed by atoms with Crippen LogP contribution in [-0.2, 0) is 13.2 Å². The smallest absolute Gasteiger partial charge is 0.161 e. The van der Waals surface area contributed by atoms with E-state index in [2.05, 4.69) is 35.7 Å². The average Bonchev–Trinajstić information content (AvgIpc) is 2.91. The van der Waals surface area contributed by atoms with Crippen molar-refractivity contribution in [2.75, 3.05) is 0 Å². The molecule has 0 aliphatic rings. The molecule has 0 saturated heterocycles. The number of aryl methyl sites for hydroxylation is 1. The van der Waals surface area contributed by atoms with E-state index in [0.717, 1.165) is 23.0 Å². The molecule has 3 heterocycles. The second kappa shape index (κ2) is 6.61. The van der Waals surface area contributed by atoms with Crippen molar-refractivity contribution in [3.05, 3.63) is 41.7 Å². The zero-order chi connectivity index (χ0) is 19.1. The summed E-state index contributed by atoms with van der Waals surface area (Å²) in [5, 5.41) is 10.7. The first kappa shape index (κ1) is 18.2. The largest absolute Gasteiger partial charge is 0.390 e. The summed E-state index contributed by atoms with van der Waals surface area (Å²) in [6, 6.07) is 1.89. The maximum absolute atomic E-state index is 12.2. The molecule has 0 radical (unpaired) electrons. The number of Topliss-reactive ketones (excluding diaryl/α,β-unsaturated/α-hetero) is 1. The molecular weight excluding hydrogens is 328 g/mol. The fourth-order valence-corrected chi connectivity index (χ4v) is 3.11. The van der Waals surface area contributed by atoms with Crippen LogP contribution in [0.4, 0.5) is 0 Å². The lowest BCUT2D eigenvalue weighted by molar-refractivity contribution is 0.101. The highest BCUT2D eigenvalue weighted by molar-refractivity contribution is 6.08. The molecule has 0 spiro atoms. The number of aliphatic hydroxyl groups excluding tert-OH is 1. The van der Waals surface area contributed by atoms with E-state index in [1.54, 1.807) is 19.3 Å². The number of hydrogen-bond donors (Lipinski definition) is 1. The molecule has 3 rings (SSSR count). The van der Waals surface area contributed by atoms with Crippen molar-refractivity contribution in [2.24, 2.45) is 5.41 Å². The monoisotopic (exact) mass is 352 g/mol. The highest BCUT2D eigenvalue weighted by Gasteiger charge is 2.21. The summed E-state index contributed by atoms with van der Waals surface area (Å²) < 4.78 is 2.03. The molecule has 6 nitrogen and oxygen atoms in total. The van der Waals surface area contributed by atoms with Crippen LogP contribution >= 0.6 is 0 Å². The third-order valence-corrected chi connectivity index (χ3v) is 4.18. The van der Waals surface area contributed by atoms with Gasteiger partial charge in [-0.1, -0.05) is 20.8 Å². The highest BCUT2D eigenvalue weighted by Crippen LogP contribution is 2.31. The summed E-state index contributed by atoms with van der Waals surface area (Å²) in [6.07, 6.45) is 5.28. The van der Waals surface area contributed by atoms with Gasteiger partial charge in [-0.15, -0.1) is 0 Å². The van der Waals surface area contributed by atoms with Gasteiger partial charge in [0, 0.05) is 41.6 Å². The van der Waals surface area contributed by atoms with Crippen molar-refractivity contribution < 1.29 is 9.90 Å². The number of aliphatic hydroxyl groups is 1. The molecule has 0 aliphatic carbocycles. The Hall–Kier alpha value is -2.60. The van der Waals surface area contributed by atoms with Gasteiger partial charge in [0.15, 0.2) is 5.78 Å². The predicted octanol–water partition coefficient (Wildman–Crippen LogP) is 3.54. The minimum Gasteiger partial charge on any atom is -0.390 e. The van der Waals surface area contributed by atoms with Crippen LogP contribution in [0.3, 0.4) is 0 Å². The van der Waals surface area contributed by atoms with Gasteiger partial charge < -0.3 is 9.67 Å². The summed E-state index contributed by atoms with van der Waals surface area (Å²) in [7, 11) is 0. The maximum Gasteiger partial charge on any atom is 0.161 e. The van der Waals surface area contributed by atoms with Gasteiger partial charge in [0.2, 0.25) is 0 Å². The number of carbonyl (C=O) groups is 1. The number of nitrogens with zero attached hydrogens (tertiary/aromatic N) is 4. The number of rotatable bonds is 4. The van der Waals surface area contributed by atoms with Gasteiger partial charge in [0.25, 0.3) is 0 Å². The van der Waals surface area contributed by atoms with Gasteiger partial charge >= 0.3 is 0 Å². The minimum absolute atomic E-state index is 0.0103. The summed E-state index contributed by atoms with van der Waals surface area (Å²) >= 11 is 0. The normalized spacial score (nSPS) is 11.9. The Bertz CT molecular complexity index is 966. The van der Waals surface area contributed by atoms with Gasteiger partial charge in [-0.2, -0.15) is 0 Å². The highest BCUT2D eigenvalue weighted by atomic mass is 16.3. The Labute approximate surface area is 152 Å². The van der Waals surface area contributed by atoms with Crippen molar-refractivity contribution in [1.29, 1.82) is 0 Å². The summed E-state index contributed by atoms with van der Waals surface area (Å²) in [6.45, 7) is 10.3. The molecule has 136 valence electrons. The number of hydrogen-bond acceptors (Lipinski definition) is 5. The minimum atomic E-state index is -0.206. The van der Waals surface area contributed by atoms with Crippen LogP contribution in [0.5, 0.6) is 0 Å². The average molecular weight is 352 g/mol. The van der Waals surface area contributed by atoms with Crippen LogP contribution < -0.4 is 0 Å². The van der Waals surface area contributed by atoms with E-state index in [1.807, 2.05) is 23.8 Å². The Morgan fingerprint density at radius 2 is 1.88 bits per heavy atom. The van der Waals surface area contributed by atoms with Crippen molar-refractivity contribution in [1.82, 2.24) is 19.5 Å². The second-order valence-corrected chi connectivity index (χ2v) is 7.81. The second-order valence-electron chi connectivity index (χ2n) is 7.81. The van der Waals surface area contributed by atoms with Crippen LogP contribution in [0, 0.1) is 12.3 Å². The number of aromatic nitrogens is 4. The Kier molecular flexibility index (Phi) is 4.63. The van der Waals surface area contributed by atoms with Crippen LogP contribution in [0.1, 0.15) is 49.6 Å². The third kappa shape index (κ3) is 3.51. The lowest BCUT2D eigenvalue weighted by Crippen LogP contribution is -2.15. The molecule has 1 N–H and O–H groups in total. The number of carbonyl (C=O) groups excluding carboxylic acids is 1. The lowest BCUT2D eigenvalue weighted by Gasteiger charge is -2.20. The molecular formula is C20H24N4O2. The SMILES string of the molecule is CC(=O)c1cn(CC(C)(C)C)c2c(CO)nc(-c3cnc(C)nc3)cc12. The van der Waals surface area contributed by atoms with E-state index in [1.165, 1.54) is 0 Å². The zero-order valence-electron chi connectivity index (χ0n) is 15.9. The molecule has 26 heavy (non-hydrogen) atoms. The number of pyridine rings is 1. The van der Waals surface area contributed by atoms with Gasteiger partial charge in [-0.05, 0) is 25.3 Å². The molecule has 6 heteroatoms. The van der Waals surface area contributed by atoms with Crippen LogP contribution in [0.2, 0.25) is 0 Å². The molecule has 0 atom stereocenters. The van der Waals surface area contributed by atoms with E-state index >= 15 is 0 Å². The molecule has 3 aromatic heterocycles. The Balaban J connectivity index is 2.28. The van der Waals surface area contributed by atoms with E-state index in [-0.39, 0.29) is 17.8 Å². The van der Waals surface area contributed by atoms with Crippen LogP contribution in [-0.4, -0.2) is 30.4 Å². The fraction of sp³-hybridized carbons (Fsp3) is 0.400. The molecule has 0 bridgehead atoms. The zero-order valence-corrected chi connectivity index (χ0v) is 15.9. The Morgan fingerprint density at radius 1 is 1.23 bits per heavy atom. The van der Waals surface area contributed by atoms with Crippen molar-refractivity contribution in [2.45, 2.75) is 47.8 Å². The van der Waals surface area contributed by atoms with Crippen molar-refractivity contribution >= 4 is 16.7 Å². The van der Waals surface area contributed by atoms with Gasteiger partial charge in [-0.3, -0.25) is 4.79 Å². The molecule has 0 saturated carbocycles. The van der Waals surface area contributed by atoms with E-state index in [9.17, 15) is 9.90 Å². The molecule has 0 amide bonds. The first-order valence-electron chi connectivity index (χ1n) is 8.63. The summed E-state index contributed by atoms with van der Waals surface area (Å²) in [4.78, 5) is 25.3. The lowest BCUT2D eigenvalue weighted by atomic mass is 9.97. The summed E-state index contributed by atoms with van der Waals surface area (Å²) in [5.74, 6) is 0.668. The van der Waals surface area contributed by atoms with E-state index in [4.69, 9.17) is 0 Å². The van der Waals surface area contributed by atoms with Gasteiger partial charge in [-0.25, -0.2) is 15.0 Å². The van der Waals surface area contributed by atoms with Crippen molar-refractivity contribution in [3.8, 4) is 11.3 Å². The summed E-state index contributed by atoms with van der Waals surface area (Å²) in [5.41, 5.74) is 3.42. The molecule has 0 fully saturated rings. The molecule has 0 unspecified atom stereocenters. The van der Waals surface area contributed by atoms with E-state index < -0.39 is 0 Å².